The third-order valence-corrected chi connectivity index (χ3v) is 6.61. The van der Waals surface area contributed by atoms with E-state index in [1.807, 2.05) is 24.3 Å². The van der Waals surface area contributed by atoms with Crippen molar-refractivity contribution in [1.29, 1.82) is 0 Å². The minimum atomic E-state index is -0.363. The Labute approximate surface area is 219 Å². The van der Waals surface area contributed by atoms with Crippen LogP contribution in [0.1, 0.15) is 128 Å². The maximum atomic E-state index is 11.8. The molecular weight excluding hydrogens is 460 g/mol. The van der Waals surface area contributed by atoms with Crippen LogP contribution in [0, 0.1) is 0 Å². The van der Waals surface area contributed by atoms with Gasteiger partial charge in [0.1, 0.15) is 0 Å². The first kappa shape index (κ1) is 31.5. The van der Waals surface area contributed by atoms with E-state index in [1.165, 1.54) is 89.9 Å². The number of rotatable bonds is 23. The van der Waals surface area contributed by atoms with Gasteiger partial charge in [-0.1, -0.05) is 127 Å². The summed E-state index contributed by atoms with van der Waals surface area (Å²) in [6.45, 7) is 3.02. The predicted molar refractivity (Wildman–Crippen MR) is 146 cm³/mol. The van der Waals surface area contributed by atoms with E-state index in [1.54, 1.807) is 0 Å². The molecule has 0 heterocycles. The number of benzene rings is 1. The van der Waals surface area contributed by atoms with E-state index in [4.69, 9.17) is 21.1 Å². The molecule has 0 aliphatic heterocycles. The lowest BCUT2D eigenvalue weighted by Crippen LogP contribution is -2.12. The van der Waals surface area contributed by atoms with Gasteiger partial charge in [-0.3, -0.25) is 9.59 Å². The average molecular weight is 509 g/mol. The van der Waals surface area contributed by atoms with Gasteiger partial charge in [-0.05, 0) is 24.1 Å². The minimum Gasteiger partial charge on any atom is -0.466 e. The number of hydrogen-bond acceptors (Lipinski definition) is 4. The smallest absolute Gasteiger partial charge is 0.306 e. The summed E-state index contributed by atoms with van der Waals surface area (Å²) in [6.07, 6.45) is 21.9. The van der Waals surface area contributed by atoms with Crippen molar-refractivity contribution in [2.75, 3.05) is 13.2 Å². The zero-order valence-electron chi connectivity index (χ0n) is 22.2. The SMILES string of the molecule is CCCCCCCCCCCCCCCCCCOC(=O)CCC(=O)OCCc1ccc(Cl)cc1. The standard InChI is InChI=1S/C30H49ClO4/c1-2-3-4-5-6-7-8-9-10-11-12-13-14-15-16-17-25-34-29(32)22-23-30(33)35-26-24-27-18-20-28(31)21-19-27/h18-21H,2-17,22-26H2,1H3. The van der Waals surface area contributed by atoms with Crippen LogP contribution in [0.4, 0.5) is 0 Å². The molecule has 0 aliphatic rings. The van der Waals surface area contributed by atoms with E-state index in [0.29, 0.717) is 24.7 Å². The van der Waals surface area contributed by atoms with Crippen LogP contribution in [0.5, 0.6) is 0 Å². The maximum absolute atomic E-state index is 11.8. The van der Waals surface area contributed by atoms with Crippen molar-refractivity contribution in [2.24, 2.45) is 0 Å². The van der Waals surface area contributed by atoms with Gasteiger partial charge in [0.2, 0.25) is 0 Å². The largest absolute Gasteiger partial charge is 0.466 e. The molecule has 1 aromatic carbocycles. The first-order chi connectivity index (χ1) is 17.1. The topological polar surface area (TPSA) is 52.6 Å². The first-order valence-electron chi connectivity index (χ1n) is 14.2. The first-order valence-corrected chi connectivity index (χ1v) is 14.5. The molecule has 0 unspecified atom stereocenters. The lowest BCUT2D eigenvalue weighted by atomic mass is 10.0. The van der Waals surface area contributed by atoms with Crippen LogP contribution in [-0.4, -0.2) is 25.2 Å². The molecule has 0 aromatic heterocycles. The summed E-state index contributed by atoms with van der Waals surface area (Å²) in [5.41, 5.74) is 1.06. The van der Waals surface area contributed by atoms with Crippen LogP contribution in [0.2, 0.25) is 5.02 Å². The lowest BCUT2D eigenvalue weighted by Gasteiger charge is -2.06. The van der Waals surface area contributed by atoms with Gasteiger partial charge < -0.3 is 9.47 Å². The number of halogens is 1. The molecule has 0 amide bonds. The zero-order chi connectivity index (χ0) is 25.4. The molecule has 0 saturated carbocycles. The van der Waals surface area contributed by atoms with E-state index in [-0.39, 0.29) is 24.8 Å². The molecule has 200 valence electrons. The fourth-order valence-corrected chi connectivity index (χ4v) is 4.24. The molecule has 4 nitrogen and oxygen atoms in total. The Balaban J connectivity index is 1.80. The molecule has 35 heavy (non-hydrogen) atoms. The third kappa shape index (κ3) is 20.4. The zero-order valence-corrected chi connectivity index (χ0v) is 22.9. The highest BCUT2D eigenvalue weighted by molar-refractivity contribution is 6.30. The highest BCUT2D eigenvalue weighted by atomic mass is 35.5. The Bertz CT molecular complexity index is 644. The summed E-state index contributed by atoms with van der Waals surface area (Å²) in [5, 5.41) is 0.684. The molecule has 0 N–H and O–H groups in total. The molecular formula is C30H49ClO4. The third-order valence-electron chi connectivity index (χ3n) is 6.36. The van der Waals surface area contributed by atoms with Gasteiger partial charge in [0.25, 0.3) is 0 Å². The van der Waals surface area contributed by atoms with Gasteiger partial charge in [-0.25, -0.2) is 0 Å². The van der Waals surface area contributed by atoms with Crippen molar-refractivity contribution in [3.8, 4) is 0 Å². The van der Waals surface area contributed by atoms with Crippen LogP contribution in [0.25, 0.3) is 0 Å². The maximum Gasteiger partial charge on any atom is 0.306 e. The van der Waals surface area contributed by atoms with Gasteiger partial charge in [-0.2, -0.15) is 0 Å². The summed E-state index contributed by atoms with van der Waals surface area (Å²) in [7, 11) is 0. The van der Waals surface area contributed by atoms with Crippen molar-refractivity contribution in [3.05, 3.63) is 34.9 Å². The molecule has 0 fully saturated rings. The Morgan fingerprint density at radius 1 is 0.600 bits per heavy atom. The Morgan fingerprint density at radius 2 is 1.00 bits per heavy atom. The van der Waals surface area contributed by atoms with Crippen molar-refractivity contribution >= 4 is 23.5 Å². The lowest BCUT2D eigenvalue weighted by molar-refractivity contribution is -0.150. The quantitative estimate of drug-likeness (QED) is 0.109. The number of esters is 2. The number of carbonyl (C=O) groups is 2. The van der Waals surface area contributed by atoms with Crippen molar-refractivity contribution in [2.45, 2.75) is 129 Å². The molecule has 5 heteroatoms. The van der Waals surface area contributed by atoms with E-state index in [2.05, 4.69) is 6.92 Å². The van der Waals surface area contributed by atoms with Crippen molar-refractivity contribution in [1.82, 2.24) is 0 Å². The normalized spacial score (nSPS) is 10.9. The molecule has 1 aromatic rings. The van der Waals surface area contributed by atoms with E-state index >= 15 is 0 Å². The fourth-order valence-electron chi connectivity index (χ4n) is 4.12. The van der Waals surface area contributed by atoms with Crippen LogP contribution in [0.3, 0.4) is 0 Å². The van der Waals surface area contributed by atoms with Gasteiger partial charge in [0.15, 0.2) is 0 Å². The Morgan fingerprint density at radius 3 is 1.46 bits per heavy atom. The van der Waals surface area contributed by atoms with E-state index in [9.17, 15) is 9.59 Å². The molecule has 0 atom stereocenters. The van der Waals surface area contributed by atoms with Gasteiger partial charge >= 0.3 is 11.9 Å². The van der Waals surface area contributed by atoms with Gasteiger partial charge in [-0.15, -0.1) is 0 Å². The number of hydrogen-bond donors (Lipinski definition) is 0. The van der Waals surface area contributed by atoms with Gasteiger partial charge in [0.05, 0.1) is 26.1 Å². The van der Waals surface area contributed by atoms with Crippen molar-refractivity contribution < 1.29 is 19.1 Å². The van der Waals surface area contributed by atoms with Crippen LogP contribution < -0.4 is 0 Å². The summed E-state index contributed by atoms with van der Waals surface area (Å²) >= 11 is 5.85. The Hall–Kier alpha value is -1.55. The molecule has 0 spiro atoms. The molecule has 0 radical (unpaired) electrons. The van der Waals surface area contributed by atoms with Gasteiger partial charge in [0, 0.05) is 11.4 Å². The predicted octanol–water partition coefficient (Wildman–Crippen LogP) is 9.01. The second-order valence-electron chi connectivity index (χ2n) is 9.62. The molecule has 0 aliphatic carbocycles. The second-order valence-corrected chi connectivity index (χ2v) is 10.1. The van der Waals surface area contributed by atoms with E-state index < -0.39 is 0 Å². The number of unbranched alkanes of at least 4 members (excludes halogenated alkanes) is 15. The highest BCUT2D eigenvalue weighted by Crippen LogP contribution is 2.14. The summed E-state index contributed by atoms with van der Waals surface area (Å²) in [5.74, 6) is -0.682. The molecule has 0 saturated heterocycles. The second kappa shape index (κ2) is 22.9. The number of carbonyl (C=O) groups excluding carboxylic acids is 2. The number of ether oxygens (including phenoxy) is 2. The van der Waals surface area contributed by atoms with Crippen LogP contribution in [0.15, 0.2) is 24.3 Å². The fraction of sp³-hybridized carbons (Fsp3) is 0.733. The minimum absolute atomic E-state index is 0.0679. The Kier molecular flexibility index (Phi) is 20.6. The average Bonchev–Trinajstić information content (AvgIpc) is 2.86. The van der Waals surface area contributed by atoms with Crippen LogP contribution >= 0.6 is 11.6 Å². The van der Waals surface area contributed by atoms with Crippen molar-refractivity contribution in [3.63, 3.8) is 0 Å². The molecule has 0 bridgehead atoms. The monoisotopic (exact) mass is 508 g/mol. The van der Waals surface area contributed by atoms with Crippen LogP contribution in [-0.2, 0) is 25.5 Å². The summed E-state index contributed by atoms with van der Waals surface area (Å²) in [4.78, 5) is 23.6. The van der Waals surface area contributed by atoms with E-state index in [0.717, 1.165) is 18.4 Å². The summed E-state index contributed by atoms with van der Waals surface area (Å²) < 4.78 is 10.4. The molecule has 1 rings (SSSR count). The summed E-state index contributed by atoms with van der Waals surface area (Å²) in [6, 6.07) is 7.45. The highest BCUT2D eigenvalue weighted by Gasteiger charge is 2.09.